The van der Waals surface area contributed by atoms with Crippen molar-refractivity contribution in [3.05, 3.63) is 63.6 Å². The second-order valence-electron chi connectivity index (χ2n) is 7.85. The standard InChI is InChI=1S/C22H27Cl2N3O4S/c1-26(32(2,29)30)18-6-3-16(4-7-18)12-22(28)25-13-19-15-27(9-10-31-19)14-17-5-8-20(23)21(24)11-17/h3-8,11,19H,9-10,12-15H2,1-2H3,(H,25,28). The molecule has 1 N–H and O–H groups in total. The number of ether oxygens (including phenoxy) is 1. The number of sulfonamides is 1. The van der Waals surface area contributed by atoms with E-state index in [0.717, 1.165) is 30.5 Å². The first-order valence-corrected chi connectivity index (χ1v) is 12.8. The highest BCUT2D eigenvalue weighted by Gasteiger charge is 2.21. The zero-order chi connectivity index (χ0) is 23.3. The van der Waals surface area contributed by atoms with Crippen LogP contribution in [0.3, 0.4) is 0 Å². The van der Waals surface area contributed by atoms with Gasteiger partial charge in [0, 0.05) is 33.2 Å². The number of nitrogens with zero attached hydrogens (tertiary/aromatic N) is 2. The van der Waals surface area contributed by atoms with Gasteiger partial charge in [-0.15, -0.1) is 0 Å². The number of nitrogens with one attached hydrogen (secondary N) is 1. The van der Waals surface area contributed by atoms with Crippen LogP contribution in [0.5, 0.6) is 0 Å². The monoisotopic (exact) mass is 499 g/mol. The Labute approximate surface area is 199 Å². The molecule has 0 saturated carbocycles. The molecule has 1 aliphatic heterocycles. The minimum atomic E-state index is -3.32. The van der Waals surface area contributed by atoms with Gasteiger partial charge < -0.3 is 10.1 Å². The van der Waals surface area contributed by atoms with Gasteiger partial charge in [0.2, 0.25) is 15.9 Å². The van der Waals surface area contributed by atoms with Crippen LogP contribution >= 0.6 is 23.2 Å². The summed E-state index contributed by atoms with van der Waals surface area (Å²) in [5.74, 6) is -0.112. The fourth-order valence-electron chi connectivity index (χ4n) is 3.43. The molecule has 0 aromatic heterocycles. The number of hydrogen-bond acceptors (Lipinski definition) is 5. The number of carbonyl (C=O) groups excluding carboxylic acids is 1. The van der Waals surface area contributed by atoms with Crippen LogP contribution in [0.15, 0.2) is 42.5 Å². The Bertz CT molecular complexity index is 1050. The lowest BCUT2D eigenvalue weighted by molar-refractivity contribution is -0.121. The summed E-state index contributed by atoms with van der Waals surface area (Å²) in [6.45, 7) is 3.26. The summed E-state index contributed by atoms with van der Waals surface area (Å²) in [6, 6.07) is 12.5. The molecule has 10 heteroatoms. The summed E-state index contributed by atoms with van der Waals surface area (Å²) in [7, 11) is -1.83. The van der Waals surface area contributed by atoms with E-state index in [1.807, 2.05) is 12.1 Å². The molecule has 7 nitrogen and oxygen atoms in total. The van der Waals surface area contributed by atoms with Gasteiger partial charge in [0.05, 0.1) is 41.1 Å². The topological polar surface area (TPSA) is 79.0 Å². The van der Waals surface area contributed by atoms with Crippen LogP contribution in [0.4, 0.5) is 5.69 Å². The minimum Gasteiger partial charge on any atom is -0.374 e. The van der Waals surface area contributed by atoms with E-state index in [4.69, 9.17) is 27.9 Å². The predicted octanol–water partition coefficient (Wildman–Crippen LogP) is 2.95. The third-order valence-corrected chi connectivity index (χ3v) is 7.25. The molecular formula is C22H27Cl2N3O4S. The molecule has 1 saturated heterocycles. The number of anilines is 1. The van der Waals surface area contributed by atoms with Crippen molar-refractivity contribution in [2.45, 2.75) is 19.1 Å². The number of rotatable bonds is 8. The molecule has 0 bridgehead atoms. The SMILES string of the molecule is CN(c1ccc(CC(=O)NCC2CN(Cc3ccc(Cl)c(Cl)c3)CCO2)cc1)S(C)(=O)=O. The lowest BCUT2D eigenvalue weighted by atomic mass is 10.1. The summed E-state index contributed by atoms with van der Waals surface area (Å²) in [4.78, 5) is 14.6. The lowest BCUT2D eigenvalue weighted by Crippen LogP contribution is -2.47. The first-order chi connectivity index (χ1) is 15.1. The van der Waals surface area contributed by atoms with Crippen molar-refractivity contribution < 1.29 is 17.9 Å². The van der Waals surface area contributed by atoms with Gasteiger partial charge in [0.25, 0.3) is 0 Å². The van der Waals surface area contributed by atoms with Gasteiger partial charge in [0.15, 0.2) is 0 Å². The molecule has 1 atom stereocenters. The number of hydrogen-bond donors (Lipinski definition) is 1. The fourth-order valence-corrected chi connectivity index (χ4v) is 4.26. The molecule has 1 aliphatic rings. The highest BCUT2D eigenvalue weighted by molar-refractivity contribution is 7.92. The first-order valence-electron chi connectivity index (χ1n) is 10.2. The molecule has 1 heterocycles. The molecule has 0 radical (unpaired) electrons. The Morgan fingerprint density at radius 1 is 1.16 bits per heavy atom. The van der Waals surface area contributed by atoms with E-state index in [1.54, 1.807) is 30.3 Å². The zero-order valence-electron chi connectivity index (χ0n) is 18.1. The molecule has 174 valence electrons. The van der Waals surface area contributed by atoms with Crippen LogP contribution in [0.1, 0.15) is 11.1 Å². The number of halogens is 2. The lowest BCUT2D eigenvalue weighted by Gasteiger charge is -2.33. The minimum absolute atomic E-state index is 0.0961. The average Bonchev–Trinajstić information content (AvgIpc) is 2.75. The molecule has 1 amide bonds. The van der Waals surface area contributed by atoms with Crippen molar-refractivity contribution in [2.75, 3.05) is 43.8 Å². The smallest absolute Gasteiger partial charge is 0.231 e. The van der Waals surface area contributed by atoms with Crippen LogP contribution in [0.2, 0.25) is 10.0 Å². The molecular weight excluding hydrogens is 473 g/mol. The highest BCUT2D eigenvalue weighted by atomic mass is 35.5. The molecule has 0 aliphatic carbocycles. The van der Waals surface area contributed by atoms with Crippen LogP contribution in [0.25, 0.3) is 0 Å². The second-order valence-corrected chi connectivity index (χ2v) is 10.7. The molecule has 32 heavy (non-hydrogen) atoms. The van der Waals surface area contributed by atoms with Gasteiger partial charge in [-0.1, -0.05) is 41.4 Å². The maximum atomic E-state index is 12.4. The summed E-state index contributed by atoms with van der Waals surface area (Å²) >= 11 is 12.1. The van der Waals surface area contributed by atoms with Crippen LogP contribution < -0.4 is 9.62 Å². The quantitative estimate of drug-likeness (QED) is 0.603. The van der Waals surface area contributed by atoms with E-state index in [-0.39, 0.29) is 18.4 Å². The normalized spacial score (nSPS) is 17.2. The Morgan fingerprint density at radius 2 is 1.84 bits per heavy atom. The van der Waals surface area contributed by atoms with Crippen LogP contribution in [-0.4, -0.2) is 64.9 Å². The average molecular weight is 500 g/mol. The van der Waals surface area contributed by atoms with Crippen LogP contribution in [-0.2, 0) is 32.5 Å². The van der Waals surface area contributed by atoms with E-state index in [0.29, 0.717) is 35.4 Å². The third-order valence-electron chi connectivity index (χ3n) is 5.30. The number of carbonyl (C=O) groups is 1. The maximum absolute atomic E-state index is 12.4. The zero-order valence-corrected chi connectivity index (χ0v) is 20.4. The fraction of sp³-hybridized carbons (Fsp3) is 0.409. The highest BCUT2D eigenvalue weighted by Crippen LogP contribution is 2.23. The van der Waals surface area contributed by atoms with Crippen molar-refractivity contribution in [1.29, 1.82) is 0 Å². The Morgan fingerprint density at radius 3 is 2.50 bits per heavy atom. The molecule has 2 aromatic rings. The summed E-state index contributed by atoms with van der Waals surface area (Å²) in [5.41, 5.74) is 2.43. The van der Waals surface area contributed by atoms with E-state index in [1.165, 1.54) is 11.4 Å². The molecule has 1 unspecified atom stereocenters. The largest absolute Gasteiger partial charge is 0.374 e. The van der Waals surface area contributed by atoms with Crippen LogP contribution in [0, 0.1) is 0 Å². The van der Waals surface area contributed by atoms with Gasteiger partial charge in [-0.2, -0.15) is 0 Å². The maximum Gasteiger partial charge on any atom is 0.231 e. The predicted molar refractivity (Wildman–Crippen MR) is 128 cm³/mol. The van der Waals surface area contributed by atoms with Crippen molar-refractivity contribution in [3.63, 3.8) is 0 Å². The number of morpholine rings is 1. The van der Waals surface area contributed by atoms with E-state index in [9.17, 15) is 13.2 Å². The molecule has 3 rings (SSSR count). The first kappa shape index (κ1) is 24.8. The van der Waals surface area contributed by atoms with Gasteiger partial charge in [-0.25, -0.2) is 8.42 Å². The van der Waals surface area contributed by atoms with Gasteiger partial charge in [0.1, 0.15) is 0 Å². The molecule has 1 fully saturated rings. The van der Waals surface area contributed by atoms with Gasteiger partial charge >= 0.3 is 0 Å². The summed E-state index contributed by atoms with van der Waals surface area (Å²) in [5, 5.41) is 4.00. The van der Waals surface area contributed by atoms with Gasteiger partial charge in [-0.3, -0.25) is 14.0 Å². The van der Waals surface area contributed by atoms with Crippen molar-refractivity contribution in [2.24, 2.45) is 0 Å². The number of benzene rings is 2. The van der Waals surface area contributed by atoms with Crippen molar-refractivity contribution in [3.8, 4) is 0 Å². The van der Waals surface area contributed by atoms with Crippen molar-refractivity contribution >= 4 is 44.8 Å². The van der Waals surface area contributed by atoms with Crippen molar-refractivity contribution in [1.82, 2.24) is 10.2 Å². The summed E-state index contributed by atoms with van der Waals surface area (Å²) < 4.78 is 30.2. The molecule has 0 spiro atoms. The third kappa shape index (κ3) is 7.08. The Hall–Kier alpha value is -1.84. The van der Waals surface area contributed by atoms with E-state index in [2.05, 4.69) is 10.2 Å². The Kier molecular flexibility index (Phi) is 8.41. The number of amides is 1. The molecule has 2 aromatic carbocycles. The Balaban J connectivity index is 1.46. The van der Waals surface area contributed by atoms with E-state index >= 15 is 0 Å². The van der Waals surface area contributed by atoms with E-state index < -0.39 is 10.0 Å². The second kappa shape index (κ2) is 10.9. The van der Waals surface area contributed by atoms with Gasteiger partial charge in [-0.05, 0) is 35.4 Å². The summed E-state index contributed by atoms with van der Waals surface area (Å²) in [6.07, 6.45) is 1.26.